The minimum absolute atomic E-state index is 0.00598. The Morgan fingerprint density at radius 1 is 1.32 bits per heavy atom. The lowest BCUT2D eigenvalue weighted by Crippen LogP contribution is -2.55. The Morgan fingerprint density at radius 3 is 2.26 bits per heavy atom. The topological polar surface area (TPSA) is 58.6 Å². The molecule has 0 aromatic heterocycles. The standard InChI is InChI=1S/C14H26N2O3/c1-6-10(2)11(12(17)16-8-7-9-16)15-13(18)19-14(3,4)5/h10-11H,6-9H2,1-5H3,(H,15,18)/t10-,11-/m0/s1. The molecule has 0 radical (unpaired) electrons. The van der Waals surface area contributed by atoms with Crippen LogP contribution in [0.3, 0.4) is 0 Å². The quantitative estimate of drug-likeness (QED) is 0.851. The number of likely N-dealkylation sites (tertiary alicyclic amines) is 1. The van der Waals surface area contributed by atoms with E-state index < -0.39 is 17.7 Å². The van der Waals surface area contributed by atoms with Crippen LogP contribution in [0.2, 0.25) is 0 Å². The first-order valence-corrected chi connectivity index (χ1v) is 7.03. The summed E-state index contributed by atoms with van der Waals surface area (Å²) in [6, 6.07) is -0.486. The molecule has 0 spiro atoms. The molecule has 0 bridgehead atoms. The molecule has 1 N–H and O–H groups in total. The largest absolute Gasteiger partial charge is 0.444 e. The van der Waals surface area contributed by atoms with E-state index in [4.69, 9.17) is 4.74 Å². The van der Waals surface area contributed by atoms with Crippen molar-refractivity contribution < 1.29 is 14.3 Å². The van der Waals surface area contributed by atoms with Gasteiger partial charge in [-0.1, -0.05) is 20.3 Å². The fourth-order valence-corrected chi connectivity index (χ4v) is 1.85. The number of hydrogen-bond acceptors (Lipinski definition) is 3. The molecule has 2 amide bonds. The Hall–Kier alpha value is -1.26. The highest BCUT2D eigenvalue weighted by molar-refractivity contribution is 5.86. The average Bonchev–Trinajstić information content (AvgIpc) is 2.19. The first-order chi connectivity index (χ1) is 8.74. The number of nitrogens with one attached hydrogen (secondary N) is 1. The summed E-state index contributed by atoms with van der Waals surface area (Å²) in [5, 5.41) is 2.72. The van der Waals surface area contributed by atoms with Crippen LogP contribution < -0.4 is 5.32 Å². The molecule has 5 nitrogen and oxygen atoms in total. The molecular formula is C14H26N2O3. The summed E-state index contributed by atoms with van der Waals surface area (Å²) in [6.45, 7) is 11.0. The fourth-order valence-electron chi connectivity index (χ4n) is 1.85. The van der Waals surface area contributed by atoms with Crippen LogP contribution in [0, 0.1) is 5.92 Å². The number of nitrogens with zero attached hydrogens (tertiary/aromatic N) is 1. The van der Waals surface area contributed by atoms with Crippen molar-refractivity contribution in [3.63, 3.8) is 0 Å². The van der Waals surface area contributed by atoms with Gasteiger partial charge in [0.25, 0.3) is 0 Å². The number of carbonyl (C=O) groups excluding carboxylic acids is 2. The summed E-state index contributed by atoms with van der Waals surface area (Å²) in [5.74, 6) is 0.104. The zero-order valence-corrected chi connectivity index (χ0v) is 12.7. The molecule has 1 aliphatic rings. The maximum Gasteiger partial charge on any atom is 0.408 e. The zero-order chi connectivity index (χ0) is 14.6. The van der Waals surface area contributed by atoms with E-state index in [-0.39, 0.29) is 11.8 Å². The highest BCUT2D eigenvalue weighted by atomic mass is 16.6. The van der Waals surface area contributed by atoms with Gasteiger partial charge >= 0.3 is 6.09 Å². The molecular weight excluding hydrogens is 244 g/mol. The van der Waals surface area contributed by atoms with E-state index in [0.717, 1.165) is 25.9 Å². The van der Waals surface area contributed by atoms with E-state index in [1.54, 1.807) is 4.90 Å². The third-order valence-corrected chi connectivity index (χ3v) is 3.32. The summed E-state index contributed by atoms with van der Waals surface area (Å²) >= 11 is 0. The van der Waals surface area contributed by atoms with Gasteiger partial charge in [0.15, 0.2) is 0 Å². The number of ether oxygens (including phenoxy) is 1. The summed E-state index contributed by atoms with van der Waals surface area (Å²) in [7, 11) is 0. The van der Waals surface area contributed by atoms with Gasteiger partial charge in [-0.05, 0) is 33.1 Å². The number of hydrogen-bond donors (Lipinski definition) is 1. The van der Waals surface area contributed by atoms with Crippen LogP contribution >= 0.6 is 0 Å². The van der Waals surface area contributed by atoms with Crippen molar-refractivity contribution in [2.75, 3.05) is 13.1 Å². The van der Waals surface area contributed by atoms with Crippen molar-refractivity contribution in [1.82, 2.24) is 10.2 Å². The summed E-state index contributed by atoms with van der Waals surface area (Å²) in [4.78, 5) is 25.9. The van der Waals surface area contributed by atoms with Crippen LogP contribution in [-0.2, 0) is 9.53 Å². The van der Waals surface area contributed by atoms with E-state index in [9.17, 15) is 9.59 Å². The average molecular weight is 270 g/mol. The van der Waals surface area contributed by atoms with E-state index in [0.29, 0.717) is 0 Å². The molecule has 1 rings (SSSR count). The summed E-state index contributed by atoms with van der Waals surface area (Å²) in [6.07, 6.45) is 1.36. The van der Waals surface area contributed by atoms with Crippen molar-refractivity contribution >= 4 is 12.0 Å². The van der Waals surface area contributed by atoms with Gasteiger partial charge in [0.2, 0.25) is 5.91 Å². The molecule has 0 unspecified atom stereocenters. The normalized spacial score (nSPS) is 18.3. The number of alkyl carbamates (subject to hydrolysis) is 1. The molecule has 0 aromatic rings. The van der Waals surface area contributed by atoms with Gasteiger partial charge in [0.1, 0.15) is 11.6 Å². The van der Waals surface area contributed by atoms with Gasteiger partial charge in [-0.25, -0.2) is 4.79 Å². The van der Waals surface area contributed by atoms with E-state index >= 15 is 0 Å². The van der Waals surface area contributed by atoms with Crippen molar-refractivity contribution in [2.24, 2.45) is 5.92 Å². The van der Waals surface area contributed by atoms with E-state index in [1.807, 2.05) is 34.6 Å². The Morgan fingerprint density at radius 2 is 1.89 bits per heavy atom. The molecule has 2 atom stereocenters. The first-order valence-electron chi connectivity index (χ1n) is 7.03. The maximum absolute atomic E-state index is 12.3. The highest BCUT2D eigenvalue weighted by Crippen LogP contribution is 2.16. The van der Waals surface area contributed by atoms with Gasteiger partial charge in [-0.15, -0.1) is 0 Å². The van der Waals surface area contributed by atoms with Crippen LogP contribution in [0.1, 0.15) is 47.5 Å². The molecule has 19 heavy (non-hydrogen) atoms. The van der Waals surface area contributed by atoms with Crippen molar-refractivity contribution in [3.8, 4) is 0 Å². The predicted molar refractivity (Wildman–Crippen MR) is 73.8 cm³/mol. The fraction of sp³-hybridized carbons (Fsp3) is 0.857. The molecule has 1 fully saturated rings. The van der Waals surface area contributed by atoms with Crippen molar-refractivity contribution in [3.05, 3.63) is 0 Å². The van der Waals surface area contributed by atoms with Crippen LogP contribution in [-0.4, -0.2) is 41.6 Å². The van der Waals surface area contributed by atoms with E-state index in [1.165, 1.54) is 0 Å². The van der Waals surface area contributed by atoms with Crippen LogP contribution in [0.5, 0.6) is 0 Å². The van der Waals surface area contributed by atoms with Gasteiger partial charge in [0.05, 0.1) is 0 Å². The second kappa shape index (κ2) is 6.26. The summed E-state index contributed by atoms with van der Waals surface area (Å²) < 4.78 is 5.22. The third kappa shape index (κ3) is 4.73. The minimum atomic E-state index is -0.552. The lowest BCUT2D eigenvalue weighted by atomic mass is 9.97. The molecule has 110 valence electrons. The predicted octanol–water partition coefficient (Wildman–Crippen LogP) is 2.16. The second-order valence-electron chi connectivity index (χ2n) is 6.19. The zero-order valence-electron chi connectivity index (χ0n) is 12.7. The van der Waals surface area contributed by atoms with Crippen molar-refractivity contribution in [2.45, 2.75) is 59.1 Å². The monoisotopic (exact) mass is 270 g/mol. The Kier molecular flexibility index (Phi) is 5.20. The van der Waals surface area contributed by atoms with Gasteiger partial charge < -0.3 is 15.0 Å². The van der Waals surface area contributed by atoms with E-state index in [2.05, 4.69) is 5.32 Å². The smallest absolute Gasteiger partial charge is 0.408 e. The van der Waals surface area contributed by atoms with Crippen LogP contribution in [0.4, 0.5) is 4.79 Å². The van der Waals surface area contributed by atoms with Gasteiger partial charge in [-0.3, -0.25) is 4.79 Å². The third-order valence-electron chi connectivity index (χ3n) is 3.32. The molecule has 1 heterocycles. The number of rotatable bonds is 4. The van der Waals surface area contributed by atoms with Gasteiger partial charge in [0, 0.05) is 13.1 Å². The molecule has 5 heteroatoms. The molecule has 0 aromatic carbocycles. The SMILES string of the molecule is CC[C@H](C)[C@H](NC(=O)OC(C)(C)C)C(=O)N1CCC1. The van der Waals surface area contributed by atoms with Crippen LogP contribution in [0.25, 0.3) is 0 Å². The van der Waals surface area contributed by atoms with Crippen molar-refractivity contribution in [1.29, 1.82) is 0 Å². The molecule has 0 saturated carbocycles. The Labute approximate surface area is 115 Å². The molecule has 0 aliphatic carbocycles. The van der Waals surface area contributed by atoms with Crippen LogP contribution in [0.15, 0.2) is 0 Å². The summed E-state index contributed by atoms with van der Waals surface area (Å²) in [5.41, 5.74) is -0.552. The molecule has 1 saturated heterocycles. The molecule has 1 aliphatic heterocycles. The lowest BCUT2D eigenvalue weighted by molar-refractivity contribution is -0.138. The Balaban J connectivity index is 2.64. The highest BCUT2D eigenvalue weighted by Gasteiger charge is 2.33. The maximum atomic E-state index is 12.3. The lowest BCUT2D eigenvalue weighted by Gasteiger charge is -2.36. The number of amides is 2. The first kappa shape index (κ1) is 15.8. The Bertz CT molecular complexity index is 332. The van der Waals surface area contributed by atoms with Gasteiger partial charge in [-0.2, -0.15) is 0 Å². The number of carbonyl (C=O) groups is 2. The second-order valence-corrected chi connectivity index (χ2v) is 6.19. The minimum Gasteiger partial charge on any atom is -0.444 e.